The van der Waals surface area contributed by atoms with Crippen LogP contribution in [-0.2, 0) is 11.3 Å². The second-order valence-corrected chi connectivity index (χ2v) is 4.32. The van der Waals surface area contributed by atoms with Crippen LogP contribution in [0.2, 0.25) is 0 Å². The SMILES string of the molecule is CCN(Cc1ccccn1)C(=O)[C@@H]1CCCN1. The van der Waals surface area contributed by atoms with Gasteiger partial charge >= 0.3 is 0 Å². The van der Waals surface area contributed by atoms with Gasteiger partial charge in [-0.05, 0) is 38.4 Å². The van der Waals surface area contributed by atoms with Crippen molar-refractivity contribution in [3.8, 4) is 0 Å². The van der Waals surface area contributed by atoms with Crippen molar-refractivity contribution < 1.29 is 4.79 Å². The summed E-state index contributed by atoms with van der Waals surface area (Å²) in [6, 6.07) is 5.81. The first-order valence-electron chi connectivity index (χ1n) is 6.23. The third-order valence-corrected chi connectivity index (χ3v) is 3.13. The number of nitrogens with zero attached hydrogens (tertiary/aromatic N) is 2. The van der Waals surface area contributed by atoms with Gasteiger partial charge in [0.2, 0.25) is 5.91 Å². The lowest BCUT2D eigenvalue weighted by Gasteiger charge is -2.23. The van der Waals surface area contributed by atoms with Gasteiger partial charge in [-0.1, -0.05) is 6.07 Å². The summed E-state index contributed by atoms with van der Waals surface area (Å²) in [6.07, 6.45) is 3.82. The number of likely N-dealkylation sites (N-methyl/N-ethyl adjacent to an activating group) is 1. The highest BCUT2D eigenvalue weighted by atomic mass is 16.2. The lowest BCUT2D eigenvalue weighted by Crippen LogP contribution is -2.43. The van der Waals surface area contributed by atoms with E-state index in [4.69, 9.17) is 0 Å². The highest BCUT2D eigenvalue weighted by Gasteiger charge is 2.26. The van der Waals surface area contributed by atoms with Crippen LogP contribution in [0.15, 0.2) is 24.4 Å². The molecule has 1 aromatic rings. The van der Waals surface area contributed by atoms with E-state index in [0.29, 0.717) is 6.54 Å². The molecule has 1 aromatic heterocycles. The fourth-order valence-electron chi connectivity index (χ4n) is 2.15. The number of pyridine rings is 1. The topological polar surface area (TPSA) is 45.2 Å². The van der Waals surface area contributed by atoms with E-state index in [1.54, 1.807) is 6.20 Å². The minimum Gasteiger partial charge on any atom is -0.336 e. The third kappa shape index (κ3) is 3.03. The molecule has 0 bridgehead atoms. The molecule has 1 fully saturated rings. The van der Waals surface area contributed by atoms with Gasteiger partial charge in [-0.3, -0.25) is 9.78 Å². The Bertz CT molecular complexity index is 360. The molecule has 0 spiro atoms. The molecule has 17 heavy (non-hydrogen) atoms. The van der Waals surface area contributed by atoms with E-state index < -0.39 is 0 Å². The Morgan fingerprint density at radius 3 is 3.06 bits per heavy atom. The number of hydrogen-bond acceptors (Lipinski definition) is 3. The molecule has 1 N–H and O–H groups in total. The molecule has 0 aliphatic carbocycles. The van der Waals surface area contributed by atoms with E-state index >= 15 is 0 Å². The van der Waals surface area contributed by atoms with Crippen molar-refractivity contribution in [2.45, 2.75) is 32.4 Å². The Balaban J connectivity index is 1.98. The van der Waals surface area contributed by atoms with Gasteiger partial charge < -0.3 is 10.2 Å². The minimum atomic E-state index is 0.0127. The Morgan fingerprint density at radius 2 is 2.47 bits per heavy atom. The van der Waals surface area contributed by atoms with Crippen LogP contribution >= 0.6 is 0 Å². The molecular formula is C13H19N3O. The summed E-state index contributed by atoms with van der Waals surface area (Å²) >= 11 is 0. The van der Waals surface area contributed by atoms with Gasteiger partial charge in [-0.2, -0.15) is 0 Å². The van der Waals surface area contributed by atoms with Gasteiger partial charge in [-0.15, -0.1) is 0 Å². The summed E-state index contributed by atoms with van der Waals surface area (Å²) in [7, 11) is 0. The van der Waals surface area contributed by atoms with E-state index in [0.717, 1.165) is 31.6 Å². The summed E-state index contributed by atoms with van der Waals surface area (Å²) in [5.74, 6) is 0.204. The number of hydrogen-bond donors (Lipinski definition) is 1. The zero-order valence-corrected chi connectivity index (χ0v) is 10.2. The molecule has 1 saturated heterocycles. The monoisotopic (exact) mass is 233 g/mol. The van der Waals surface area contributed by atoms with Gasteiger partial charge in [0, 0.05) is 12.7 Å². The maximum absolute atomic E-state index is 12.2. The number of carbonyl (C=O) groups is 1. The Labute approximate surface area is 102 Å². The van der Waals surface area contributed by atoms with Crippen LogP contribution in [0.4, 0.5) is 0 Å². The van der Waals surface area contributed by atoms with Crippen LogP contribution in [0.25, 0.3) is 0 Å². The largest absolute Gasteiger partial charge is 0.336 e. The fraction of sp³-hybridized carbons (Fsp3) is 0.538. The van der Waals surface area contributed by atoms with E-state index in [2.05, 4.69) is 10.3 Å². The van der Waals surface area contributed by atoms with E-state index in [1.165, 1.54) is 0 Å². The Kier molecular flexibility index (Phi) is 4.09. The highest BCUT2D eigenvalue weighted by molar-refractivity contribution is 5.82. The van der Waals surface area contributed by atoms with Crippen LogP contribution in [0.3, 0.4) is 0 Å². The number of amides is 1. The smallest absolute Gasteiger partial charge is 0.240 e. The van der Waals surface area contributed by atoms with Crippen LogP contribution in [0.1, 0.15) is 25.5 Å². The zero-order valence-electron chi connectivity index (χ0n) is 10.2. The molecule has 2 rings (SSSR count). The first-order valence-corrected chi connectivity index (χ1v) is 6.23. The van der Waals surface area contributed by atoms with Crippen LogP contribution in [-0.4, -0.2) is 34.9 Å². The summed E-state index contributed by atoms with van der Waals surface area (Å²) in [6.45, 7) is 4.30. The molecule has 0 saturated carbocycles. The molecule has 1 aliphatic heterocycles. The second kappa shape index (κ2) is 5.77. The Hall–Kier alpha value is -1.42. The zero-order chi connectivity index (χ0) is 12.1. The molecular weight excluding hydrogens is 214 g/mol. The standard InChI is InChI=1S/C13H19N3O/c1-2-16(10-11-6-3-4-8-14-11)13(17)12-7-5-9-15-12/h3-4,6,8,12,15H,2,5,7,9-10H2,1H3/t12-/m0/s1. The van der Waals surface area contributed by atoms with Crippen molar-refractivity contribution >= 4 is 5.91 Å². The molecule has 1 aliphatic rings. The van der Waals surface area contributed by atoms with E-state index in [-0.39, 0.29) is 11.9 Å². The normalized spacial score (nSPS) is 19.2. The van der Waals surface area contributed by atoms with E-state index in [1.807, 2.05) is 30.0 Å². The average molecular weight is 233 g/mol. The van der Waals surface area contributed by atoms with Crippen molar-refractivity contribution in [1.29, 1.82) is 0 Å². The number of nitrogens with one attached hydrogen (secondary N) is 1. The predicted octanol–water partition coefficient (Wildman–Crippen LogP) is 1.18. The van der Waals surface area contributed by atoms with Gasteiger partial charge in [0.25, 0.3) is 0 Å². The number of carbonyl (C=O) groups excluding carboxylic acids is 1. The average Bonchev–Trinajstić information content (AvgIpc) is 2.90. The minimum absolute atomic E-state index is 0.0127. The summed E-state index contributed by atoms with van der Waals surface area (Å²) < 4.78 is 0. The molecule has 1 amide bonds. The van der Waals surface area contributed by atoms with Crippen molar-refractivity contribution in [1.82, 2.24) is 15.2 Å². The lowest BCUT2D eigenvalue weighted by molar-refractivity contribution is -0.133. The molecule has 4 heteroatoms. The molecule has 1 atom stereocenters. The third-order valence-electron chi connectivity index (χ3n) is 3.13. The van der Waals surface area contributed by atoms with E-state index in [9.17, 15) is 4.79 Å². The fourth-order valence-corrected chi connectivity index (χ4v) is 2.15. The maximum Gasteiger partial charge on any atom is 0.240 e. The summed E-state index contributed by atoms with van der Waals surface area (Å²) in [5, 5.41) is 3.25. The van der Waals surface area contributed by atoms with Crippen LogP contribution in [0, 0.1) is 0 Å². The molecule has 0 radical (unpaired) electrons. The predicted molar refractivity (Wildman–Crippen MR) is 66.4 cm³/mol. The number of rotatable bonds is 4. The van der Waals surface area contributed by atoms with Crippen molar-refractivity contribution in [2.75, 3.05) is 13.1 Å². The van der Waals surface area contributed by atoms with Gasteiger partial charge in [0.15, 0.2) is 0 Å². The van der Waals surface area contributed by atoms with Gasteiger partial charge in [0.1, 0.15) is 0 Å². The molecule has 4 nitrogen and oxygen atoms in total. The van der Waals surface area contributed by atoms with Gasteiger partial charge in [0.05, 0.1) is 18.3 Å². The quantitative estimate of drug-likeness (QED) is 0.849. The van der Waals surface area contributed by atoms with Crippen LogP contribution in [0.5, 0.6) is 0 Å². The highest BCUT2D eigenvalue weighted by Crippen LogP contribution is 2.10. The number of aromatic nitrogens is 1. The second-order valence-electron chi connectivity index (χ2n) is 4.32. The maximum atomic E-state index is 12.2. The van der Waals surface area contributed by atoms with Crippen molar-refractivity contribution in [3.63, 3.8) is 0 Å². The van der Waals surface area contributed by atoms with Crippen molar-refractivity contribution in [3.05, 3.63) is 30.1 Å². The van der Waals surface area contributed by atoms with Gasteiger partial charge in [-0.25, -0.2) is 0 Å². The first-order chi connectivity index (χ1) is 8.31. The Morgan fingerprint density at radius 1 is 1.59 bits per heavy atom. The molecule has 0 unspecified atom stereocenters. The molecule has 2 heterocycles. The first kappa shape index (κ1) is 12.0. The lowest BCUT2D eigenvalue weighted by atomic mass is 10.2. The van der Waals surface area contributed by atoms with Crippen LogP contribution < -0.4 is 5.32 Å². The van der Waals surface area contributed by atoms with Crippen molar-refractivity contribution in [2.24, 2.45) is 0 Å². The molecule has 92 valence electrons. The summed E-state index contributed by atoms with van der Waals surface area (Å²) in [4.78, 5) is 18.3. The summed E-state index contributed by atoms with van der Waals surface area (Å²) in [5.41, 5.74) is 0.945. The molecule has 0 aromatic carbocycles.